The van der Waals surface area contributed by atoms with Crippen molar-refractivity contribution in [2.75, 3.05) is 31.6 Å². The Kier molecular flexibility index (Phi) is 4.79. The molecule has 1 unspecified atom stereocenters. The van der Waals surface area contributed by atoms with Crippen LogP contribution in [0.25, 0.3) is 5.57 Å². The highest BCUT2D eigenvalue weighted by Gasteiger charge is 2.36. The molecule has 8 nitrogen and oxygen atoms in total. The Morgan fingerprint density at radius 3 is 2.73 bits per heavy atom. The molecule has 1 atom stereocenters. The lowest BCUT2D eigenvalue weighted by molar-refractivity contribution is -0.127. The Balaban J connectivity index is 1.77. The summed E-state index contributed by atoms with van der Waals surface area (Å²) in [7, 11) is 1.44. The maximum absolute atomic E-state index is 14.6. The highest BCUT2D eigenvalue weighted by molar-refractivity contribution is 5.95. The number of hydrogen-bond donors (Lipinski definition) is 2. The first-order chi connectivity index (χ1) is 12.4. The van der Waals surface area contributed by atoms with E-state index in [4.69, 9.17) is 9.84 Å². The van der Waals surface area contributed by atoms with Crippen molar-refractivity contribution in [3.05, 3.63) is 35.7 Å². The van der Waals surface area contributed by atoms with Crippen molar-refractivity contribution >= 4 is 29.4 Å². The second-order valence-electron chi connectivity index (χ2n) is 5.97. The lowest BCUT2D eigenvalue weighted by Gasteiger charge is -2.24. The molecule has 0 aliphatic carbocycles. The van der Waals surface area contributed by atoms with Gasteiger partial charge in [0.25, 0.3) is 5.91 Å². The first kappa shape index (κ1) is 17.7. The van der Waals surface area contributed by atoms with Crippen molar-refractivity contribution in [3.8, 4) is 0 Å². The summed E-state index contributed by atoms with van der Waals surface area (Å²) in [6, 6.07) is 4.34. The lowest BCUT2D eigenvalue weighted by atomic mass is 9.98. The molecule has 0 aromatic heterocycles. The number of carbonyl (C=O) groups is 3. The maximum atomic E-state index is 14.6. The summed E-state index contributed by atoms with van der Waals surface area (Å²) in [4.78, 5) is 36.9. The van der Waals surface area contributed by atoms with Gasteiger partial charge in [-0.05, 0) is 30.2 Å². The zero-order valence-electron chi connectivity index (χ0n) is 14.1. The molecule has 0 saturated carbocycles. The number of rotatable bonds is 3. The van der Waals surface area contributed by atoms with Gasteiger partial charge in [0.1, 0.15) is 5.82 Å². The first-order valence-corrected chi connectivity index (χ1v) is 8.07. The van der Waals surface area contributed by atoms with E-state index >= 15 is 0 Å². The summed E-state index contributed by atoms with van der Waals surface area (Å²) in [5, 5.41) is 11.4. The number of nitrogens with one attached hydrogen (secondary N) is 1. The summed E-state index contributed by atoms with van der Waals surface area (Å²) in [5.74, 6) is -0.943. The van der Waals surface area contributed by atoms with Crippen LogP contribution in [0.1, 0.15) is 12.0 Å². The highest BCUT2D eigenvalue weighted by Crippen LogP contribution is 2.29. The van der Waals surface area contributed by atoms with E-state index in [9.17, 15) is 18.8 Å². The molecule has 0 radical (unpaired) electrons. The van der Waals surface area contributed by atoms with Crippen LogP contribution < -0.4 is 10.2 Å². The van der Waals surface area contributed by atoms with Gasteiger partial charge in [0.2, 0.25) is 0 Å². The number of hydrogen-bond acceptors (Lipinski definition) is 4. The number of likely N-dealkylation sites (N-methyl/N-ethyl adjacent to an activating group) is 1. The predicted octanol–water partition coefficient (Wildman–Crippen LogP) is 1.66. The molecule has 0 bridgehead atoms. The molecule has 2 aliphatic rings. The van der Waals surface area contributed by atoms with Crippen LogP contribution >= 0.6 is 0 Å². The van der Waals surface area contributed by atoms with Crippen LogP contribution in [0.2, 0.25) is 0 Å². The van der Waals surface area contributed by atoms with E-state index in [1.54, 1.807) is 18.2 Å². The number of carboxylic acid groups (broad SMARTS) is 1. The van der Waals surface area contributed by atoms with E-state index in [1.807, 2.05) is 0 Å². The number of halogens is 1. The molecule has 1 aromatic carbocycles. The molecular formula is C17H18FN3O5. The number of nitrogens with zero attached hydrogens (tertiary/aromatic N) is 2. The maximum Gasteiger partial charge on any atom is 0.415 e. The Labute approximate surface area is 148 Å². The van der Waals surface area contributed by atoms with Crippen LogP contribution in [-0.2, 0) is 9.53 Å². The van der Waals surface area contributed by atoms with Gasteiger partial charge in [0.05, 0.1) is 12.2 Å². The third-order valence-electron chi connectivity index (χ3n) is 4.44. The summed E-state index contributed by atoms with van der Waals surface area (Å²) in [6.45, 7) is 0.514. The minimum absolute atomic E-state index is 0.00750. The molecule has 9 heteroatoms. The van der Waals surface area contributed by atoms with Crippen LogP contribution in [0.4, 0.5) is 19.7 Å². The average Bonchev–Trinajstić information content (AvgIpc) is 3.03. The third kappa shape index (κ3) is 3.32. The van der Waals surface area contributed by atoms with Crippen LogP contribution in [-0.4, -0.2) is 60.9 Å². The first-order valence-electron chi connectivity index (χ1n) is 8.07. The van der Waals surface area contributed by atoms with Crippen molar-refractivity contribution in [1.29, 1.82) is 0 Å². The quantitative estimate of drug-likeness (QED) is 0.851. The summed E-state index contributed by atoms with van der Waals surface area (Å²) < 4.78 is 19.5. The van der Waals surface area contributed by atoms with Gasteiger partial charge >= 0.3 is 12.2 Å². The van der Waals surface area contributed by atoms with Gasteiger partial charge in [-0.1, -0.05) is 6.08 Å². The van der Waals surface area contributed by atoms with Crippen molar-refractivity contribution in [3.63, 3.8) is 0 Å². The van der Waals surface area contributed by atoms with Crippen LogP contribution in [0.5, 0.6) is 0 Å². The fraction of sp³-hybridized carbons (Fsp3) is 0.353. The largest absolute Gasteiger partial charge is 0.465 e. The zero-order valence-corrected chi connectivity index (χ0v) is 14.1. The summed E-state index contributed by atoms with van der Waals surface area (Å²) >= 11 is 0. The van der Waals surface area contributed by atoms with Crippen molar-refractivity contribution in [2.24, 2.45) is 0 Å². The Morgan fingerprint density at radius 2 is 2.15 bits per heavy atom. The van der Waals surface area contributed by atoms with Crippen LogP contribution in [0.3, 0.4) is 0 Å². The SMILES string of the molecule is CNC(=O)C1CN(c2ccc(C3=CCN(C(=O)O)CC3)c(F)c2)C(=O)O1. The van der Waals surface area contributed by atoms with Crippen LogP contribution in [0.15, 0.2) is 24.3 Å². The molecule has 3 rings (SSSR count). The molecule has 2 aliphatic heterocycles. The molecule has 138 valence electrons. The molecule has 1 fully saturated rings. The van der Waals surface area contributed by atoms with E-state index in [1.165, 1.54) is 22.9 Å². The number of cyclic esters (lactones) is 1. The highest BCUT2D eigenvalue weighted by atomic mass is 19.1. The van der Waals surface area contributed by atoms with E-state index in [-0.39, 0.29) is 13.1 Å². The van der Waals surface area contributed by atoms with Crippen LogP contribution in [0, 0.1) is 5.82 Å². The Bertz CT molecular complexity index is 795. The molecule has 0 spiro atoms. The number of benzene rings is 1. The second-order valence-corrected chi connectivity index (χ2v) is 5.97. The van der Waals surface area contributed by atoms with Gasteiger partial charge in [-0.25, -0.2) is 14.0 Å². The lowest BCUT2D eigenvalue weighted by Crippen LogP contribution is -2.35. The molecule has 1 saturated heterocycles. The molecule has 26 heavy (non-hydrogen) atoms. The Morgan fingerprint density at radius 1 is 1.38 bits per heavy atom. The number of anilines is 1. The fourth-order valence-corrected chi connectivity index (χ4v) is 2.99. The van der Waals surface area contributed by atoms with E-state index in [2.05, 4.69) is 5.32 Å². The predicted molar refractivity (Wildman–Crippen MR) is 90.3 cm³/mol. The molecule has 3 amide bonds. The minimum Gasteiger partial charge on any atom is -0.465 e. The zero-order chi connectivity index (χ0) is 18.8. The monoisotopic (exact) mass is 363 g/mol. The number of ether oxygens (including phenoxy) is 1. The van der Waals surface area contributed by atoms with E-state index < -0.39 is 30.0 Å². The van der Waals surface area contributed by atoms with Gasteiger partial charge in [0.15, 0.2) is 6.10 Å². The standard InChI is InChI=1S/C17H18FN3O5/c1-19-15(22)14-9-21(17(25)26-14)11-2-3-12(13(18)8-11)10-4-6-20(7-5-10)16(23)24/h2-4,8,14H,5-7,9H2,1H3,(H,19,22)(H,23,24). The minimum atomic E-state index is -1.01. The van der Waals surface area contributed by atoms with Gasteiger partial charge in [-0.3, -0.25) is 9.69 Å². The average molecular weight is 363 g/mol. The third-order valence-corrected chi connectivity index (χ3v) is 4.44. The Hall–Kier alpha value is -3.10. The topological polar surface area (TPSA) is 99.2 Å². The van der Waals surface area contributed by atoms with E-state index in [0.29, 0.717) is 24.2 Å². The van der Waals surface area contributed by atoms with Gasteiger partial charge < -0.3 is 20.1 Å². The van der Waals surface area contributed by atoms with Gasteiger partial charge in [0, 0.05) is 25.7 Å². The molecule has 1 aromatic rings. The fourth-order valence-electron chi connectivity index (χ4n) is 2.99. The number of carbonyl (C=O) groups excluding carboxylic acids is 2. The smallest absolute Gasteiger partial charge is 0.415 e. The number of amides is 3. The van der Waals surface area contributed by atoms with Crippen molar-refractivity contribution in [2.45, 2.75) is 12.5 Å². The normalized spacial score (nSPS) is 19.8. The van der Waals surface area contributed by atoms with Gasteiger partial charge in [-0.15, -0.1) is 0 Å². The second kappa shape index (κ2) is 7.03. The van der Waals surface area contributed by atoms with Crippen molar-refractivity contribution in [1.82, 2.24) is 10.2 Å². The van der Waals surface area contributed by atoms with Gasteiger partial charge in [-0.2, -0.15) is 0 Å². The van der Waals surface area contributed by atoms with Crippen molar-refractivity contribution < 1.29 is 28.6 Å². The summed E-state index contributed by atoms with van der Waals surface area (Å²) in [5.41, 5.74) is 1.39. The molecule has 2 heterocycles. The molecular weight excluding hydrogens is 345 g/mol. The van der Waals surface area contributed by atoms with E-state index in [0.717, 1.165) is 5.57 Å². The molecule has 2 N–H and O–H groups in total. The summed E-state index contributed by atoms with van der Waals surface area (Å²) in [6.07, 6.45) is -0.554.